The topological polar surface area (TPSA) is 17.1 Å². The van der Waals surface area contributed by atoms with Gasteiger partial charge in [-0.05, 0) is 6.42 Å². The first-order valence-corrected chi connectivity index (χ1v) is 6.76. The molecule has 0 aromatic heterocycles. The van der Waals surface area contributed by atoms with E-state index in [1.54, 1.807) is 0 Å². The Balaban J connectivity index is 2.83. The smallest absolute Gasteiger partial charge is 0.198 e. The fourth-order valence-electron chi connectivity index (χ4n) is 1.86. The summed E-state index contributed by atoms with van der Waals surface area (Å²) < 4.78 is 0. The molecular weight excluding hydrogens is 184 g/mol. The van der Waals surface area contributed by atoms with Gasteiger partial charge in [0.2, 0.25) is 0 Å². The molecule has 1 heteroatoms. The van der Waals surface area contributed by atoms with Gasteiger partial charge in [-0.3, -0.25) is 4.79 Å². The predicted molar refractivity (Wildman–Crippen MR) is 66.8 cm³/mol. The van der Waals surface area contributed by atoms with Crippen LogP contribution in [0.5, 0.6) is 0 Å². The van der Waals surface area contributed by atoms with E-state index in [4.69, 9.17) is 0 Å². The van der Waals surface area contributed by atoms with Crippen LogP contribution in [0, 0.1) is 0 Å². The molecule has 0 amide bonds. The van der Waals surface area contributed by atoms with Gasteiger partial charge in [0.05, 0.1) is 0 Å². The molecule has 0 aliphatic heterocycles. The number of unbranched alkanes of at least 4 members (excludes halogenated alkanes) is 11. The van der Waals surface area contributed by atoms with Crippen LogP contribution in [0.15, 0.2) is 0 Å². The summed E-state index contributed by atoms with van der Waals surface area (Å²) in [7, 11) is 0. The number of hydrogen-bond donors (Lipinski definition) is 0. The molecule has 0 saturated carbocycles. The zero-order valence-electron chi connectivity index (χ0n) is 10.4. The fourth-order valence-corrected chi connectivity index (χ4v) is 1.86. The van der Waals surface area contributed by atoms with Gasteiger partial charge in [-0.1, -0.05) is 71.1 Å². The Hall–Kier alpha value is -0.330. The van der Waals surface area contributed by atoms with Gasteiger partial charge in [0, 0.05) is 6.42 Å². The molecular formula is C14H27O. The van der Waals surface area contributed by atoms with E-state index in [0.29, 0.717) is 6.42 Å². The molecule has 0 aromatic rings. The van der Waals surface area contributed by atoms with Crippen molar-refractivity contribution < 1.29 is 4.79 Å². The van der Waals surface area contributed by atoms with Crippen molar-refractivity contribution in [1.29, 1.82) is 0 Å². The second-order valence-corrected chi connectivity index (χ2v) is 4.43. The van der Waals surface area contributed by atoms with Crippen LogP contribution < -0.4 is 0 Å². The minimum absolute atomic E-state index is 0.636. The second kappa shape index (κ2) is 13.7. The highest BCUT2D eigenvalue weighted by atomic mass is 16.1. The molecule has 0 spiro atoms. The van der Waals surface area contributed by atoms with E-state index in [-0.39, 0.29) is 0 Å². The molecule has 0 aliphatic rings. The van der Waals surface area contributed by atoms with Crippen molar-refractivity contribution in [1.82, 2.24) is 0 Å². The highest BCUT2D eigenvalue weighted by molar-refractivity contribution is 5.50. The summed E-state index contributed by atoms with van der Waals surface area (Å²) >= 11 is 0. The molecule has 0 N–H and O–H groups in total. The van der Waals surface area contributed by atoms with Crippen LogP contribution in [-0.4, -0.2) is 6.29 Å². The quantitative estimate of drug-likeness (QED) is 0.424. The first-order valence-electron chi connectivity index (χ1n) is 6.76. The zero-order valence-corrected chi connectivity index (χ0v) is 10.4. The largest absolute Gasteiger partial charge is 0.291 e. The van der Waals surface area contributed by atoms with Gasteiger partial charge >= 0.3 is 0 Å². The predicted octanol–water partition coefficient (Wildman–Crippen LogP) is 4.80. The SMILES string of the molecule is CCCCCCCCCCCCC[C]=O. The number of rotatable bonds is 12. The highest BCUT2D eigenvalue weighted by Gasteiger charge is 1.92. The van der Waals surface area contributed by atoms with E-state index in [0.717, 1.165) is 6.42 Å². The lowest BCUT2D eigenvalue weighted by Gasteiger charge is -2.01. The molecule has 0 aliphatic carbocycles. The van der Waals surface area contributed by atoms with E-state index in [1.165, 1.54) is 64.2 Å². The van der Waals surface area contributed by atoms with Crippen molar-refractivity contribution in [2.45, 2.75) is 84.0 Å². The van der Waals surface area contributed by atoms with Crippen LogP contribution in [-0.2, 0) is 4.79 Å². The standard InChI is InChI=1S/C14H27O/c1-2-3-4-5-6-7-8-9-10-11-12-13-14-15/h2-13H2,1H3. The van der Waals surface area contributed by atoms with Crippen molar-refractivity contribution >= 4 is 6.29 Å². The molecule has 0 saturated heterocycles. The third-order valence-electron chi connectivity index (χ3n) is 2.88. The Morgan fingerprint density at radius 2 is 1.07 bits per heavy atom. The second-order valence-electron chi connectivity index (χ2n) is 4.43. The van der Waals surface area contributed by atoms with Gasteiger partial charge in [0.15, 0.2) is 6.29 Å². The lowest BCUT2D eigenvalue weighted by atomic mass is 10.1. The van der Waals surface area contributed by atoms with E-state index in [2.05, 4.69) is 6.92 Å². The molecule has 15 heavy (non-hydrogen) atoms. The number of carbonyl (C=O) groups excluding carboxylic acids is 1. The van der Waals surface area contributed by atoms with E-state index in [9.17, 15) is 4.79 Å². The maximum absolute atomic E-state index is 9.94. The third-order valence-corrected chi connectivity index (χ3v) is 2.88. The maximum atomic E-state index is 9.94. The van der Waals surface area contributed by atoms with Crippen molar-refractivity contribution in [3.8, 4) is 0 Å². The average molecular weight is 211 g/mol. The Morgan fingerprint density at radius 1 is 0.667 bits per heavy atom. The molecule has 0 bridgehead atoms. The maximum Gasteiger partial charge on any atom is 0.198 e. The molecule has 1 radical (unpaired) electrons. The molecule has 1 nitrogen and oxygen atoms in total. The molecule has 0 rings (SSSR count). The van der Waals surface area contributed by atoms with Crippen LogP contribution in [0.1, 0.15) is 84.0 Å². The van der Waals surface area contributed by atoms with Gasteiger partial charge in [-0.2, -0.15) is 0 Å². The monoisotopic (exact) mass is 211 g/mol. The molecule has 0 atom stereocenters. The average Bonchev–Trinajstić information content (AvgIpc) is 2.26. The van der Waals surface area contributed by atoms with E-state index < -0.39 is 0 Å². The normalized spacial score (nSPS) is 10.5. The molecule has 0 unspecified atom stereocenters. The van der Waals surface area contributed by atoms with Crippen LogP contribution in [0.3, 0.4) is 0 Å². The third kappa shape index (κ3) is 13.7. The Bertz CT molecular complexity index is 121. The number of hydrogen-bond acceptors (Lipinski definition) is 1. The van der Waals surface area contributed by atoms with Gasteiger partial charge < -0.3 is 0 Å². The lowest BCUT2D eigenvalue weighted by molar-refractivity contribution is 0.534. The molecule has 0 fully saturated rings. The van der Waals surface area contributed by atoms with Gasteiger partial charge in [-0.25, -0.2) is 0 Å². The minimum Gasteiger partial charge on any atom is -0.291 e. The van der Waals surface area contributed by atoms with Crippen LogP contribution >= 0.6 is 0 Å². The first kappa shape index (κ1) is 14.7. The zero-order chi connectivity index (χ0) is 11.2. The van der Waals surface area contributed by atoms with Crippen molar-refractivity contribution in [3.05, 3.63) is 0 Å². The summed E-state index contributed by atoms with van der Waals surface area (Å²) in [5.41, 5.74) is 0. The molecule has 89 valence electrons. The van der Waals surface area contributed by atoms with Crippen LogP contribution in [0.4, 0.5) is 0 Å². The molecule has 0 heterocycles. The summed E-state index contributed by atoms with van der Waals surface area (Å²) in [6.45, 7) is 2.26. The Morgan fingerprint density at radius 3 is 1.47 bits per heavy atom. The summed E-state index contributed by atoms with van der Waals surface area (Å²) in [5.74, 6) is 0. The van der Waals surface area contributed by atoms with Crippen LogP contribution in [0.25, 0.3) is 0 Å². The highest BCUT2D eigenvalue weighted by Crippen LogP contribution is 2.11. The lowest BCUT2D eigenvalue weighted by Crippen LogP contribution is -1.82. The van der Waals surface area contributed by atoms with Crippen molar-refractivity contribution in [3.63, 3.8) is 0 Å². The van der Waals surface area contributed by atoms with Crippen molar-refractivity contribution in [2.75, 3.05) is 0 Å². The van der Waals surface area contributed by atoms with Gasteiger partial charge in [0.25, 0.3) is 0 Å². The van der Waals surface area contributed by atoms with Gasteiger partial charge in [-0.15, -0.1) is 0 Å². The summed E-state index contributed by atoms with van der Waals surface area (Å²) in [6, 6.07) is 0. The molecule has 0 aromatic carbocycles. The fraction of sp³-hybridized carbons (Fsp3) is 0.929. The van der Waals surface area contributed by atoms with E-state index >= 15 is 0 Å². The van der Waals surface area contributed by atoms with E-state index in [1.807, 2.05) is 6.29 Å². The first-order chi connectivity index (χ1) is 7.41. The summed E-state index contributed by atoms with van der Waals surface area (Å²) in [4.78, 5) is 9.94. The van der Waals surface area contributed by atoms with Gasteiger partial charge in [0.1, 0.15) is 0 Å². The Kier molecular flexibility index (Phi) is 13.4. The van der Waals surface area contributed by atoms with Crippen LogP contribution in [0.2, 0.25) is 0 Å². The van der Waals surface area contributed by atoms with Crippen molar-refractivity contribution in [2.24, 2.45) is 0 Å². The summed E-state index contributed by atoms with van der Waals surface area (Å²) in [5, 5.41) is 0. The Labute approximate surface area is 95.6 Å². The summed E-state index contributed by atoms with van der Waals surface area (Å²) in [6.07, 6.45) is 17.3. The minimum atomic E-state index is 0.636.